The molecule has 0 radical (unpaired) electrons. The number of amides is 2. The standard InChI is InChI=1S/C17H18BrN3O2/c1-10-14-15(12-9-11(18)5-6-13(12)19-10)17(23)21(16(14)22)8-4-7-20(2)3/h5-6,9H,4,7-8H2,1-3H3. The SMILES string of the molecule is Cc1nc2ccc(Br)cc2c2c1C(=O)N(CCCN(C)C)C2=O. The monoisotopic (exact) mass is 375 g/mol. The molecule has 0 N–H and O–H groups in total. The molecule has 1 aromatic carbocycles. The number of nitrogens with zero attached hydrogens (tertiary/aromatic N) is 3. The molecule has 0 aliphatic carbocycles. The third kappa shape index (κ3) is 2.77. The zero-order valence-electron chi connectivity index (χ0n) is 13.4. The minimum absolute atomic E-state index is 0.211. The summed E-state index contributed by atoms with van der Waals surface area (Å²) in [4.78, 5) is 33.4. The van der Waals surface area contributed by atoms with Gasteiger partial charge in [-0.3, -0.25) is 19.5 Å². The number of imide groups is 1. The summed E-state index contributed by atoms with van der Waals surface area (Å²) in [5.74, 6) is -0.437. The van der Waals surface area contributed by atoms with Gasteiger partial charge in [-0.25, -0.2) is 0 Å². The van der Waals surface area contributed by atoms with Gasteiger partial charge in [0.05, 0.1) is 22.3 Å². The fraction of sp³-hybridized carbons (Fsp3) is 0.353. The topological polar surface area (TPSA) is 53.5 Å². The predicted molar refractivity (Wildman–Crippen MR) is 92.7 cm³/mol. The van der Waals surface area contributed by atoms with Crippen LogP contribution in [0.25, 0.3) is 10.9 Å². The van der Waals surface area contributed by atoms with Crippen molar-refractivity contribution in [2.75, 3.05) is 27.2 Å². The van der Waals surface area contributed by atoms with Crippen LogP contribution in [0.2, 0.25) is 0 Å². The zero-order chi connectivity index (χ0) is 16.7. The molecule has 1 aromatic heterocycles. The van der Waals surface area contributed by atoms with Crippen LogP contribution in [0.4, 0.5) is 0 Å². The van der Waals surface area contributed by atoms with E-state index in [1.54, 1.807) is 6.92 Å². The van der Waals surface area contributed by atoms with E-state index in [1.165, 1.54) is 4.90 Å². The van der Waals surface area contributed by atoms with Crippen molar-refractivity contribution in [1.29, 1.82) is 0 Å². The number of rotatable bonds is 4. The van der Waals surface area contributed by atoms with Crippen molar-refractivity contribution < 1.29 is 9.59 Å². The van der Waals surface area contributed by atoms with Crippen LogP contribution in [0.5, 0.6) is 0 Å². The lowest BCUT2D eigenvalue weighted by Gasteiger charge is -2.15. The maximum atomic E-state index is 12.8. The van der Waals surface area contributed by atoms with Crippen molar-refractivity contribution in [2.24, 2.45) is 0 Å². The highest BCUT2D eigenvalue weighted by Crippen LogP contribution is 2.32. The van der Waals surface area contributed by atoms with E-state index in [4.69, 9.17) is 0 Å². The number of carbonyl (C=O) groups excluding carboxylic acids is 2. The summed E-state index contributed by atoms with van der Waals surface area (Å²) in [5.41, 5.74) is 2.29. The van der Waals surface area contributed by atoms with Crippen molar-refractivity contribution in [3.8, 4) is 0 Å². The van der Waals surface area contributed by atoms with Gasteiger partial charge < -0.3 is 4.90 Å². The first-order chi connectivity index (χ1) is 10.9. The minimum Gasteiger partial charge on any atom is -0.309 e. The fourth-order valence-electron chi connectivity index (χ4n) is 2.95. The molecule has 2 heterocycles. The Labute approximate surface area is 143 Å². The Morgan fingerprint density at radius 3 is 2.57 bits per heavy atom. The van der Waals surface area contributed by atoms with E-state index in [0.29, 0.717) is 23.4 Å². The third-order valence-corrected chi connectivity index (χ3v) is 4.53. The molecule has 1 aliphatic rings. The summed E-state index contributed by atoms with van der Waals surface area (Å²) < 4.78 is 0.865. The van der Waals surface area contributed by atoms with E-state index in [2.05, 4.69) is 20.9 Å². The second-order valence-corrected chi connectivity index (χ2v) is 6.94. The number of aryl methyl sites for hydroxylation is 1. The van der Waals surface area contributed by atoms with E-state index in [9.17, 15) is 9.59 Å². The molecule has 0 unspecified atom stereocenters. The van der Waals surface area contributed by atoms with Crippen LogP contribution in [-0.2, 0) is 0 Å². The summed E-state index contributed by atoms with van der Waals surface area (Å²) in [6, 6.07) is 5.60. The van der Waals surface area contributed by atoms with Crippen molar-refractivity contribution in [3.05, 3.63) is 39.5 Å². The van der Waals surface area contributed by atoms with Gasteiger partial charge in [0.2, 0.25) is 0 Å². The predicted octanol–water partition coefficient (Wildman–Crippen LogP) is 2.85. The number of fused-ring (bicyclic) bond motifs is 3. The number of carbonyl (C=O) groups is 2. The van der Waals surface area contributed by atoms with Crippen molar-refractivity contribution in [3.63, 3.8) is 0 Å². The van der Waals surface area contributed by atoms with Crippen LogP contribution in [0.15, 0.2) is 22.7 Å². The molecule has 0 atom stereocenters. The van der Waals surface area contributed by atoms with Gasteiger partial charge in [0.1, 0.15) is 0 Å². The number of hydrogen-bond donors (Lipinski definition) is 0. The third-order valence-electron chi connectivity index (χ3n) is 4.03. The van der Waals surface area contributed by atoms with Crippen LogP contribution in [0.3, 0.4) is 0 Å². The average Bonchev–Trinajstić information content (AvgIpc) is 2.73. The lowest BCUT2D eigenvalue weighted by atomic mass is 10.0. The van der Waals surface area contributed by atoms with Crippen molar-refractivity contribution in [2.45, 2.75) is 13.3 Å². The van der Waals surface area contributed by atoms with Crippen LogP contribution in [0, 0.1) is 6.92 Å². The van der Waals surface area contributed by atoms with Crippen LogP contribution < -0.4 is 0 Å². The molecule has 2 aromatic rings. The quantitative estimate of drug-likeness (QED) is 0.771. The summed E-state index contributed by atoms with van der Waals surface area (Å²) in [5, 5.41) is 0.730. The second kappa shape index (κ2) is 6.02. The van der Waals surface area contributed by atoms with Gasteiger partial charge in [-0.2, -0.15) is 0 Å². The van der Waals surface area contributed by atoms with Crippen LogP contribution in [0.1, 0.15) is 32.8 Å². The van der Waals surface area contributed by atoms with Gasteiger partial charge >= 0.3 is 0 Å². The second-order valence-electron chi connectivity index (χ2n) is 6.03. The fourth-order valence-corrected chi connectivity index (χ4v) is 3.31. The Hall–Kier alpha value is -1.79. The van der Waals surface area contributed by atoms with Crippen molar-refractivity contribution in [1.82, 2.24) is 14.8 Å². The van der Waals surface area contributed by atoms with E-state index in [-0.39, 0.29) is 11.8 Å². The maximum Gasteiger partial charge on any atom is 0.263 e. The lowest BCUT2D eigenvalue weighted by molar-refractivity contribution is 0.0650. The first-order valence-corrected chi connectivity index (χ1v) is 8.30. The van der Waals surface area contributed by atoms with Gasteiger partial charge in [-0.1, -0.05) is 15.9 Å². The molecule has 0 fully saturated rings. The molecule has 5 nitrogen and oxygen atoms in total. The molecule has 23 heavy (non-hydrogen) atoms. The number of benzene rings is 1. The van der Waals surface area contributed by atoms with E-state index in [1.807, 2.05) is 37.2 Å². The molecule has 0 bridgehead atoms. The number of hydrogen-bond acceptors (Lipinski definition) is 4. The summed E-state index contributed by atoms with van der Waals surface area (Å²) >= 11 is 3.42. The molecule has 3 rings (SSSR count). The zero-order valence-corrected chi connectivity index (χ0v) is 15.0. The van der Waals surface area contributed by atoms with Gasteiger partial charge in [0.25, 0.3) is 11.8 Å². The highest BCUT2D eigenvalue weighted by molar-refractivity contribution is 9.10. The lowest BCUT2D eigenvalue weighted by Crippen LogP contribution is -2.32. The molecule has 0 saturated heterocycles. The van der Waals surface area contributed by atoms with Gasteiger partial charge in [0, 0.05) is 16.4 Å². The Morgan fingerprint density at radius 1 is 1.17 bits per heavy atom. The first-order valence-electron chi connectivity index (χ1n) is 7.51. The van der Waals surface area contributed by atoms with Crippen molar-refractivity contribution >= 4 is 38.6 Å². The molecule has 6 heteroatoms. The smallest absolute Gasteiger partial charge is 0.263 e. The molecule has 0 spiro atoms. The molecule has 120 valence electrons. The minimum atomic E-state index is -0.226. The molecular weight excluding hydrogens is 358 g/mol. The van der Waals surface area contributed by atoms with Gasteiger partial charge in [-0.05, 0) is 52.2 Å². The summed E-state index contributed by atoms with van der Waals surface area (Å²) in [6.45, 7) is 3.05. The number of aromatic nitrogens is 1. The van der Waals surface area contributed by atoms with Crippen LogP contribution in [-0.4, -0.2) is 53.8 Å². The molecule has 1 aliphatic heterocycles. The highest BCUT2D eigenvalue weighted by atomic mass is 79.9. The average molecular weight is 376 g/mol. The number of pyridine rings is 1. The normalized spacial score (nSPS) is 14.2. The largest absolute Gasteiger partial charge is 0.309 e. The van der Waals surface area contributed by atoms with Gasteiger partial charge in [-0.15, -0.1) is 0 Å². The Bertz CT molecular complexity index is 817. The Morgan fingerprint density at radius 2 is 1.87 bits per heavy atom. The first kappa shape index (κ1) is 16.1. The maximum absolute atomic E-state index is 12.8. The molecule has 0 saturated carbocycles. The molecular formula is C17H18BrN3O2. The summed E-state index contributed by atoms with van der Waals surface area (Å²) in [7, 11) is 3.95. The molecule has 2 amide bonds. The highest BCUT2D eigenvalue weighted by Gasteiger charge is 2.38. The Kier molecular flexibility index (Phi) is 4.21. The van der Waals surface area contributed by atoms with Crippen LogP contribution >= 0.6 is 15.9 Å². The van der Waals surface area contributed by atoms with E-state index >= 15 is 0 Å². The van der Waals surface area contributed by atoms with E-state index in [0.717, 1.165) is 28.3 Å². The number of halogens is 1. The summed E-state index contributed by atoms with van der Waals surface area (Å²) in [6.07, 6.45) is 0.757. The Balaban J connectivity index is 2.05. The van der Waals surface area contributed by atoms with E-state index < -0.39 is 0 Å². The van der Waals surface area contributed by atoms with Gasteiger partial charge in [0.15, 0.2) is 0 Å².